The zero-order chi connectivity index (χ0) is 14.6. The Kier molecular flexibility index (Phi) is 4.77. The minimum absolute atomic E-state index is 0.506. The van der Waals surface area contributed by atoms with Gasteiger partial charge in [0.05, 0.1) is 11.3 Å². The van der Waals surface area contributed by atoms with Gasteiger partial charge in [0.25, 0.3) is 0 Å². The SMILES string of the molecule is CCCNCc1csc(-c2cccc(C(F)(F)F)c2)n1. The lowest BCUT2D eigenvalue weighted by molar-refractivity contribution is -0.137. The van der Waals surface area contributed by atoms with Crippen molar-refractivity contribution in [2.24, 2.45) is 0 Å². The predicted molar refractivity (Wildman–Crippen MR) is 74.5 cm³/mol. The summed E-state index contributed by atoms with van der Waals surface area (Å²) in [7, 11) is 0. The first kappa shape index (κ1) is 15.0. The normalized spacial score (nSPS) is 11.8. The standard InChI is InChI=1S/C14H15F3N2S/c1-2-6-18-8-12-9-20-13(19-12)10-4-3-5-11(7-10)14(15,16)17/h3-5,7,9,18H,2,6,8H2,1H3. The van der Waals surface area contributed by atoms with Crippen molar-refractivity contribution in [1.82, 2.24) is 10.3 Å². The van der Waals surface area contributed by atoms with Crippen molar-refractivity contribution in [3.63, 3.8) is 0 Å². The van der Waals surface area contributed by atoms with Crippen LogP contribution in [0.25, 0.3) is 10.6 Å². The Morgan fingerprint density at radius 1 is 1.30 bits per heavy atom. The Labute approximate surface area is 119 Å². The van der Waals surface area contributed by atoms with E-state index in [-0.39, 0.29) is 0 Å². The van der Waals surface area contributed by atoms with Gasteiger partial charge in [0.2, 0.25) is 0 Å². The third-order valence-corrected chi connectivity index (χ3v) is 3.66. The topological polar surface area (TPSA) is 24.9 Å². The number of nitrogens with one attached hydrogen (secondary N) is 1. The molecular formula is C14H15F3N2S. The summed E-state index contributed by atoms with van der Waals surface area (Å²) >= 11 is 1.36. The van der Waals surface area contributed by atoms with E-state index in [4.69, 9.17) is 0 Å². The zero-order valence-corrected chi connectivity index (χ0v) is 11.8. The second-order valence-corrected chi connectivity index (χ2v) is 5.26. The second-order valence-electron chi connectivity index (χ2n) is 4.40. The van der Waals surface area contributed by atoms with E-state index in [1.807, 2.05) is 5.38 Å². The molecule has 0 radical (unpaired) electrons. The van der Waals surface area contributed by atoms with Gasteiger partial charge in [-0.1, -0.05) is 19.1 Å². The number of hydrogen-bond acceptors (Lipinski definition) is 3. The van der Waals surface area contributed by atoms with E-state index in [0.29, 0.717) is 17.1 Å². The smallest absolute Gasteiger partial charge is 0.311 e. The van der Waals surface area contributed by atoms with Crippen LogP contribution >= 0.6 is 11.3 Å². The van der Waals surface area contributed by atoms with E-state index in [1.165, 1.54) is 17.4 Å². The van der Waals surface area contributed by atoms with Crippen LogP contribution in [0.2, 0.25) is 0 Å². The molecule has 2 nitrogen and oxygen atoms in total. The molecule has 0 saturated carbocycles. The Morgan fingerprint density at radius 3 is 2.80 bits per heavy atom. The number of benzene rings is 1. The van der Waals surface area contributed by atoms with Crippen LogP contribution in [0.15, 0.2) is 29.6 Å². The molecule has 2 aromatic rings. The number of thiazole rings is 1. The van der Waals surface area contributed by atoms with Crippen LogP contribution in [0, 0.1) is 0 Å². The quantitative estimate of drug-likeness (QED) is 0.831. The molecule has 0 aliphatic heterocycles. The lowest BCUT2D eigenvalue weighted by atomic mass is 10.1. The van der Waals surface area contributed by atoms with Crippen molar-refractivity contribution in [1.29, 1.82) is 0 Å². The maximum absolute atomic E-state index is 12.7. The van der Waals surface area contributed by atoms with Gasteiger partial charge in [-0.25, -0.2) is 4.98 Å². The summed E-state index contributed by atoms with van der Waals surface area (Å²) in [4.78, 5) is 4.36. The molecule has 0 bridgehead atoms. The monoisotopic (exact) mass is 300 g/mol. The molecule has 2 rings (SSSR count). The molecule has 0 amide bonds. The van der Waals surface area contributed by atoms with Gasteiger partial charge in [0, 0.05) is 17.5 Å². The van der Waals surface area contributed by atoms with Crippen LogP contribution in [0.1, 0.15) is 24.6 Å². The summed E-state index contributed by atoms with van der Waals surface area (Å²) in [6.07, 6.45) is -3.29. The Balaban J connectivity index is 2.16. The number of rotatable bonds is 5. The Hall–Kier alpha value is -1.40. The number of nitrogens with zero attached hydrogens (tertiary/aromatic N) is 1. The first-order valence-electron chi connectivity index (χ1n) is 6.33. The zero-order valence-electron chi connectivity index (χ0n) is 11.0. The largest absolute Gasteiger partial charge is 0.416 e. The van der Waals surface area contributed by atoms with E-state index in [0.717, 1.165) is 30.8 Å². The summed E-state index contributed by atoms with van der Waals surface area (Å²) in [6, 6.07) is 5.27. The highest BCUT2D eigenvalue weighted by Crippen LogP contribution is 2.32. The molecule has 0 fully saturated rings. The fraction of sp³-hybridized carbons (Fsp3) is 0.357. The predicted octanol–water partition coefficient (Wildman–Crippen LogP) is 4.33. The summed E-state index contributed by atoms with van der Waals surface area (Å²) < 4.78 is 38.0. The van der Waals surface area contributed by atoms with Crippen LogP contribution < -0.4 is 5.32 Å². The third kappa shape index (κ3) is 3.80. The lowest BCUT2D eigenvalue weighted by Crippen LogP contribution is -2.13. The highest BCUT2D eigenvalue weighted by atomic mass is 32.1. The highest BCUT2D eigenvalue weighted by molar-refractivity contribution is 7.13. The van der Waals surface area contributed by atoms with Gasteiger partial charge in [-0.15, -0.1) is 11.3 Å². The van der Waals surface area contributed by atoms with E-state index in [2.05, 4.69) is 17.2 Å². The van der Waals surface area contributed by atoms with Crippen molar-refractivity contribution in [3.05, 3.63) is 40.9 Å². The molecule has 108 valence electrons. The molecule has 0 aliphatic rings. The minimum atomic E-state index is -4.32. The molecule has 1 heterocycles. The first-order valence-corrected chi connectivity index (χ1v) is 7.21. The van der Waals surface area contributed by atoms with Crippen molar-refractivity contribution < 1.29 is 13.2 Å². The Morgan fingerprint density at radius 2 is 2.10 bits per heavy atom. The van der Waals surface area contributed by atoms with Crippen LogP contribution in [0.5, 0.6) is 0 Å². The van der Waals surface area contributed by atoms with E-state index in [9.17, 15) is 13.2 Å². The van der Waals surface area contributed by atoms with E-state index >= 15 is 0 Å². The lowest BCUT2D eigenvalue weighted by Gasteiger charge is -2.07. The molecule has 0 aliphatic carbocycles. The van der Waals surface area contributed by atoms with Gasteiger partial charge >= 0.3 is 6.18 Å². The van der Waals surface area contributed by atoms with Crippen LogP contribution in [0.3, 0.4) is 0 Å². The molecule has 0 spiro atoms. The fourth-order valence-corrected chi connectivity index (χ4v) is 2.56. The summed E-state index contributed by atoms with van der Waals surface area (Å²) in [5, 5.41) is 5.70. The van der Waals surface area contributed by atoms with E-state index in [1.54, 1.807) is 6.07 Å². The maximum atomic E-state index is 12.7. The van der Waals surface area contributed by atoms with Gasteiger partial charge in [0.15, 0.2) is 0 Å². The van der Waals surface area contributed by atoms with Crippen LogP contribution in [-0.4, -0.2) is 11.5 Å². The molecule has 1 aromatic carbocycles. The fourth-order valence-electron chi connectivity index (χ4n) is 1.74. The van der Waals surface area contributed by atoms with Gasteiger partial charge in [-0.05, 0) is 25.1 Å². The van der Waals surface area contributed by atoms with Gasteiger partial charge in [0.1, 0.15) is 5.01 Å². The molecular weight excluding hydrogens is 285 g/mol. The maximum Gasteiger partial charge on any atom is 0.416 e. The van der Waals surface area contributed by atoms with Crippen LogP contribution in [-0.2, 0) is 12.7 Å². The number of hydrogen-bond donors (Lipinski definition) is 1. The number of aromatic nitrogens is 1. The van der Waals surface area contributed by atoms with Gasteiger partial charge in [-0.2, -0.15) is 13.2 Å². The summed E-state index contributed by atoms with van der Waals surface area (Å²) in [5.41, 5.74) is 0.721. The molecule has 0 atom stereocenters. The molecule has 20 heavy (non-hydrogen) atoms. The molecule has 1 N–H and O–H groups in total. The van der Waals surface area contributed by atoms with Gasteiger partial charge in [-0.3, -0.25) is 0 Å². The molecule has 0 saturated heterocycles. The van der Waals surface area contributed by atoms with Crippen molar-refractivity contribution in [2.45, 2.75) is 26.1 Å². The van der Waals surface area contributed by atoms with E-state index < -0.39 is 11.7 Å². The summed E-state index contributed by atoms with van der Waals surface area (Å²) in [6.45, 7) is 3.61. The summed E-state index contributed by atoms with van der Waals surface area (Å²) in [5.74, 6) is 0. The molecule has 6 heteroatoms. The molecule has 0 unspecified atom stereocenters. The average Bonchev–Trinajstić information content (AvgIpc) is 2.87. The van der Waals surface area contributed by atoms with Gasteiger partial charge < -0.3 is 5.32 Å². The first-order chi connectivity index (χ1) is 9.50. The minimum Gasteiger partial charge on any atom is -0.311 e. The average molecular weight is 300 g/mol. The third-order valence-electron chi connectivity index (χ3n) is 2.72. The van der Waals surface area contributed by atoms with Crippen molar-refractivity contribution in [2.75, 3.05) is 6.54 Å². The van der Waals surface area contributed by atoms with Crippen molar-refractivity contribution in [3.8, 4) is 10.6 Å². The van der Waals surface area contributed by atoms with Crippen molar-refractivity contribution >= 4 is 11.3 Å². The Bertz CT molecular complexity index is 564. The second kappa shape index (κ2) is 6.37. The molecule has 1 aromatic heterocycles. The highest BCUT2D eigenvalue weighted by Gasteiger charge is 2.30. The number of alkyl halides is 3. The number of halogens is 3. The van der Waals surface area contributed by atoms with Crippen LogP contribution in [0.4, 0.5) is 13.2 Å².